The third-order valence-corrected chi connectivity index (χ3v) is 7.28. The molecule has 1 saturated carbocycles. The first kappa shape index (κ1) is 22.3. The number of aliphatic carboxylic acids is 1. The lowest BCUT2D eigenvalue weighted by Crippen LogP contribution is -2.57. The zero-order valence-electron chi connectivity index (χ0n) is 18.7. The molecule has 32 heavy (non-hydrogen) atoms. The van der Waals surface area contributed by atoms with Crippen molar-refractivity contribution in [2.24, 2.45) is 5.92 Å². The Balaban J connectivity index is 1.57. The molecule has 0 unspecified atom stereocenters. The van der Waals surface area contributed by atoms with Crippen LogP contribution in [0.2, 0.25) is 0 Å². The topological polar surface area (TPSA) is 86.7 Å². The smallest absolute Gasteiger partial charge is 0.329 e. The highest BCUT2D eigenvalue weighted by molar-refractivity contribution is 6.01. The van der Waals surface area contributed by atoms with Crippen LogP contribution in [0.3, 0.4) is 0 Å². The van der Waals surface area contributed by atoms with Crippen LogP contribution in [0.5, 0.6) is 0 Å². The van der Waals surface area contributed by atoms with Crippen LogP contribution in [-0.4, -0.2) is 45.9 Å². The number of rotatable bonds is 6. The number of carboxylic acids is 1. The number of benzene rings is 2. The summed E-state index contributed by atoms with van der Waals surface area (Å²) >= 11 is 0. The van der Waals surface area contributed by atoms with Crippen molar-refractivity contribution >= 4 is 28.6 Å². The minimum atomic E-state index is -1.21. The number of fused-ring (bicyclic) bond motifs is 1. The highest BCUT2D eigenvalue weighted by atomic mass is 16.4. The number of carbonyl (C=O) groups is 3. The van der Waals surface area contributed by atoms with Crippen LogP contribution in [0, 0.1) is 5.92 Å². The quantitative estimate of drug-likeness (QED) is 0.704. The fourth-order valence-electron chi connectivity index (χ4n) is 5.28. The fourth-order valence-corrected chi connectivity index (χ4v) is 5.28. The van der Waals surface area contributed by atoms with E-state index in [-0.39, 0.29) is 11.8 Å². The van der Waals surface area contributed by atoms with E-state index >= 15 is 0 Å². The predicted molar refractivity (Wildman–Crippen MR) is 123 cm³/mol. The van der Waals surface area contributed by atoms with E-state index in [2.05, 4.69) is 5.32 Å². The minimum Gasteiger partial charge on any atom is -0.480 e. The van der Waals surface area contributed by atoms with Crippen molar-refractivity contribution in [3.05, 3.63) is 48.0 Å². The molecule has 4 rings (SSSR count). The summed E-state index contributed by atoms with van der Waals surface area (Å²) in [7, 11) is 0. The van der Waals surface area contributed by atoms with Gasteiger partial charge in [0.05, 0.1) is 0 Å². The van der Waals surface area contributed by atoms with E-state index in [1.54, 1.807) is 13.0 Å². The Kier molecular flexibility index (Phi) is 6.49. The second-order valence-corrected chi connectivity index (χ2v) is 9.50. The van der Waals surface area contributed by atoms with Gasteiger partial charge < -0.3 is 15.3 Å². The Morgan fingerprint density at radius 1 is 1.06 bits per heavy atom. The van der Waals surface area contributed by atoms with Crippen LogP contribution in [0.4, 0.5) is 0 Å². The normalized spacial score (nSPS) is 22.6. The Hall–Kier alpha value is -2.89. The van der Waals surface area contributed by atoms with Crippen LogP contribution in [0.1, 0.15) is 68.6 Å². The lowest BCUT2D eigenvalue weighted by molar-refractivity contribution is -0.156. The second kappa shape index (κ2) is 9.31. The summed E-state index contributed by atoms with van der Waals surface area (Å²) in [5, 5.41) is 14.8. The number of carboxylic acid groups (broad SMARTS) is 1. The number of carbonyl (C=O) groups excluding carboxylic acids is 2. The number of hydrogen-bond acceptors (Lipinski definition) is 3. The molecule has 1 aliphatic heterocycles. The lowest BCUT2D eigenvalue weighted by Gasteiger charge is -2.35. The largest absolute Gasteiger partial charge is 0.480 e. The number of amides is 2. The van der Waals surface area contributed by atoms with Gasteiger partial charge in [-0.3, -0.25) is 9.59 Å². The summed E-state index contributed by atoms with van der Waals surface area (Å²) in [5.74, 6) is -1.18. The summed E-state index contributed by atoms with van der Waals surface area (Å²) in [6.07, 6.45) is 7.23. The SMILES string of the molecule is C[C@@]1(C(=O)O)CCCN1C(=O)[C@@H](CC1CCCCC1)NC(=O)c1ccc2ccccc2c1. The van der Waals surface area contributed by atoms with Gasteiger partial charge in [-0.15, -0.1) is 0 Å². The molecule has 6 heteroatoms. The van der Waals surface area contributed by atoms with E-state index in [1.165, 1.54) is 11.3 Å². The van der Waals surface area contributed by atoms with E-state index in [1.807, 2.05) is 36.4 Å². The first-order valence-corrected chi connectivity index (χ1v) is 11.7. The number of likely N-dealkylation sites (tertiary alicyclic amines) is 1. The molecule has 6 nitrogen and oxygen atoms in total. The summed E-state index contributed by atoms with van der Waals surface area (Å²) < 4.78 is 0. The van der Waals surface area contributed by atoms with E-state index in [9.17, 15) is 19.5 Å². The van der Waals surface area contributed by atoms with Gasteiger partial charge in [-0.25, -0.2) is 4.79 Å². The van der Waals surface area contributed by atoms with Crippen LogP contribution in [0.15, 0.2) is 42.5 Å². The van der Waals surface area contributed by atoms with E-state index in [0.717, 1.165) is 36.5 Å². The molecule has 0 radical (unpaired) electrons. The first-order chi connectivity index (χ1) is 15.4. The third-order valence-electron chi connectivity index (χ3n) is 7.28. The van der Waals surface area contributed by atoms with Gasteiger partial charge in [0.2, 0.25) is 5.91 Å². The molecule has 2 amide bonds. The molecule has 1 saturated heterocycles. The average Bonchev–Trinajstić information content (AvgIpc) is 3.21. The maximum absolute atomic E-state index is 13.6. The average molecular weight is 437 g/mol. The molecule has 2 aromatic carbocycles. The Morgan fingerprint density at radius 3 is 2.50 bits per heavy atom. The highest BCUT2D eigenvalue weighted by Gasteiger charge is 2.47. The summed E-state index contributed by atoms with van der Waals surface area (Å²) in [4.78, 5) is 40.1. The van der Waals surface area contributed by atoms with E-state index in [0.29, 0.717) is 37.3 Å². The van der Waals surface area contributed by atoms with Gasteiger partial charge in [0.25, 0.3) is 5.91 Å². The van der Waals surface area contributed by atoms with Gasteiger partial charge in [0.1, 0.15) is 11.6 Å². The van der Waals surface area contributed by atoms with Crippen LogP contribution in [0.25, 0.3) is 10.8 Å². The van der Waals surface area contributed by atoms with Crippen LogP contribution < -0.4 is 5.32 Å². The van der Waals surface area contributed by atoms with Crippen LogP contribution in [-0.2, 0) is 9.59 Å². The maximum Gasteiger partial charge on any atom is 0.329 e. The molecule has 0 spiro atoms. The number of nitrogens with zero attached hydrogens (tertiary/aromatic N) is 1. The van der Waals surface area contributed by atoms with Gasteiger partial charge in [-0.1, -0.05) is 62.4 Å². The lowest BCUT2D eigenvalue weighted by atomic mass is 9.84. The monoisotopic (exact) mass is 436 g/mol. The first-order valence-electron chi connectivity index (χ1n) is 11.7. The van der Waals surface area contributed by atoms with E-state index in [4.69, 9.17) is 0 Å². The van der Waals surface area contributed by atoms with Gasteiger partial charge >= 0.3 is 5.97 Å². The van der Waals surface area contributed by atoms with Crippen LogP contribution >= 0.6 is 0 Å². The molecule has 2 aliphatic rings. The van der Waals surface area contributed by atoms with Crippen molar-refractivity contribution in [2.75, 3.05) is 6.54 Å². The van der Waals surface area contributed by atoms with Gasteiger partial charge in [0.15, 0.2) is 0 Å². The van der Waals surface area contributed by atoms with Gasteiger partial charge in [-0.05, 0) is 55.0 Å². The molecule has 2 fully saturated rings. The second-order valence-electron chi connectivity index (χ2n) is 9.50. The third kappa shape index (κ3) is 4.50. The summed E-state index contributed by atoms with van der Waals surface area (Å²) in [5.41, 5.74) is -0.706. The predicted octanol–water partition coefficient (Wildman–Crippen LogP) is 4.37. The zero-order chi connectivity index (χ0) is 22.7. The van der Waals surface area contributed by atoms with Crippen molar-refractivity contribution in [3.8, 4) is 0 Å². The summed E-state index contributed by atoms with van der Waals surface area (Å²) in [6, 6.07) is 12.6. The minimum absolute atomic E-state index is 0.271. The van der Waals surface area contributed by atoms with Crippen molar-refractivity contribution in [1.82, 2.24) is 10.2 Å². The summed E-state index contributed by atoms with van der Waals surface area (Å²) in [6.45, 7) is 2.03. The molecule has 0 bridgehead atoms. The molecule has 2 aromatic rings. The van der Waals surface area contributed by atoms with Crippen molar-refractivity contribution in [1.29, 1.82) is 0 Å². The Labute approximate surface area is 189 Å². The van der Waals surface area contributed by atoms with Crippen molar-refractivity contribution in [2.45, 2.75) is 69.9 Å². The Morgan fingerprint density at radius 2 is 1.78 bits per heavy atom. The maximum atomic E-state index is 13.6. The molecular formula is C26H32N2O4. The Bertz CT molecular complexity index is 1010. The molecule has 1 heterocycles. The number of hydrogen-bond donors (Lipinski definition) is 2. The molecular weight excluding hydrogens is 404 g/mol. The molecule has 0 aromatic heterocycles. The molecule has 170 valence electrons. The van der Waals surface area contributed by atoms with Crippen molar-refractivity contribution < 1.29 is 19.5 Å². The number of nitrogens with one attached hydrogen (secondary N) is 1. The molecule has 2 atom stereocenters. The van der Waals surface area contributed by atoms with E-state index < -0.39 is 17.6 Å². The van der Waals surface area contributed by atoms with Gasteiger partial charge in [0, 0.05) is 12.1 Å². The molecule has 2 N–H and O–H groups in total. The zero-order valence-corrected chi connectivity index (χ0v) is 18.7. The van der Waals surface area contributed by atoms with Gasteiger partial charge in [-0.2, -0.15) is 0 Å². The van der Waals surface area contributed by atoms with Crippen molar-refractivity contribution in [3.63, 3.8) is 0 Å². The highest BCUT2D eigenvalue weighted by Crippen LogP contribution is 2.32. The standard InChI is InChI=1S/C26H32N2O4/c1-26(25(31)32)14-7-15-28(26)24(30)22(16-18-8-3-2-4-9-18)27-23(29)21-13-12-19-10-5-6-11-20(19)17-21/h5-6,10-13,17-18,22H,2-4,7-9,14-16H2,1H3,(H,27,29)(H,31,32)/t22-,26+/m1/s1. The fraction of sp³-hybridized carbons (Fsp3) is 0.500. The molecule has 1 aliphatic carbocycles.